The molecule has 6 nitrogen and oxygen atoms in total. The third-order valence-corrected chi connectivity index (χ3v) is 6.11. The Labute approximate surface area is 182 Å². The van der Waals surface area contributed by atoms with E-state index in [-0.39, 0.29) is 24.2 Å². The number of fused-ring (bicyclic) bond motifs is 1. The van der Waals surface area contributed by atoms with Gasteiger partial charge in [0.1, 0.15) is 6.54 Å². The minimum atomic E-state index is -0.395. The minimum Gasteiger partial charge on any atom is -0.342 e. The summed E-state index contributed by atoms with van der Waals surface area (Å²) in [5.74, 6) is 1.96. The molecule has 1 aromatic heterocycles. The van der Waals surface area contributed by atoms with Crippen molar-refractivity contribution in [2.24, 2.45) is 0 Å². The number of hydrogen-bond acceptors (Lipinski definition) is 4. The predicted octanol–water partition coefficient (Wildman–Crippen LogP) is 3.94. The van der Waals surface area contributed by atoms with Crippen LogP contribution in [-0.4, -0.2) is 51.1 Å². The molecule has 0 N–H and O–H groups in total. The number of carbonyl (C=O) groups excluding carboxylic acids is 3. The zero-order valence-corrected chi connectivity index (χ0v) is 18.5. The van der Waals surface area contributed by atoms with Crippen LogP contribution in [0.5, 0.6) is 0 Å². The molecule has 0 bridgehead atoms. The number of carbonyl (C=O) groups is 3. The van der Waals surface area contributed by atoms with Gasteiger partial charge in [-0.3, -0.25) is 19.3 Å². The zero-order chi connectivity index (χ0) is 21.1. The Morgan fingerprint density at radius 3 is 2.69 bits per heavy atom. The summed E-state index contributed by atoms with van der Waals surface area (Å²) in [6, 6.07) is 5.77. The molecule has 0 saturated carbocycles. The Kier molecular flexibility index (Phi) is 6.50. The second kappa shape index (κ2) is 8.89. The van der Waals surface area contributed by atoms with Crippen molar-refractivity contribution in [2.45, 2.75) is 20.4 Å². The number of thioether (sulfide) groups is 1. The molecule has 0 unspecified atom stereocenters. The maximum Gasteiger partial charge on any atom is 0.294 e. The first-order valence-corrected chi connectivity index (χ1v) is 10.8. The highest BCUT2D eigenvalue weighted by molar-refractivity contribution is 9.10. The van der Waals surface area contributed by atoms with Crippen LogP contribution in [0.4, 0.5) is 4.79 Å². The van der Waals surface area contributed by atoms with E-state index in [9.17, 15) is 14.4 Å². The van der Waals surface area contributed by atoms with Crippen LogP contribution in [0.3, 0.4) is 0 Å². The van der Waals surface area contributed by atoms with E-state index in [1.165, 1.54) is 0 Å². The van der Waals surface area contributed by atoms with Crippen molar-refractivity contribution < 1.29 is 14.4 Å². The van der Waals surface area contributed by atoms with Crippen molar-refractivity contribution in [3.63, 3.8) is 0 Å². The van der Waals surface area contributed by atoms with E-state index in [4.69, 9.17) is 6.42 Å². The van der Waals surface area contributed by atoms with Gasteiger partial charge in [0.2, 0.25) is 5.91 Å². The van der Waals surface area contributed by atoms with Gasteiger partial charge in [-0.05, 0) is 49.9 Å². The summed E-state index contributed by atoms with van der Waals surface area (Å²) < 4.78 is 2.76. The number of amides is 3. The van der Waals surface area contributed by atoms with E-state index in [0.29, 0.717) is 18.0 Å². The molecular formula is C21H20BrN3O3S. The monoisotopic (exact) mass is 473 g/mol. The van der Waals surface area contributed by atoms with Crippen LogP contribution in [-0.2, 0) is 16.1 Å². The average molecular weight is 474 g/mol. The number of imide groups is 1. The summed E-state index contributed by atoms with van der Waals surface area (Å²) in [7, 11) is 0. The summed E-state index contributed by atoms with van der Waals surface area (Å²) in [5.41, 5.74) is 1.64. The van der Waals surface area contributed by atoms with Crippen molar-refractivity contribution >= 4 is 61.7 Å². The van der Waals surface area contributed by atoms with E-state index >= 15 is 0 Å². The largest absolute Gasteiger partial charge is 0.342 e. The van der Waals surface area contributed by atoms with E-state index < -0.39 is 5.91 Å². The van der Waals surface area contributed by atoms with Crippen molar-refractivity contribution in [3.05, 3.63) is 39.3 Å². The van der Waals surface area contributed by atoms with E-state index in [0.717, 1.165) is 37.6 Å². The smallest absolute Gasteiger partial charge is 0.294 e. The lowest BCUT2D eigenvalue weighted by Crippen LogP contribution is -2.33. The lowest BCUT2D eigenvalue weighted by molar-refractivity contribution is -0.131. The zero-order valence-electron chi connectivity index (χ0n) is 16.1. The Morgan fingerprint density at radius 2 is 2.03 bits per heavy atom. The van der Waals surface area contributed by atoms with E-state index in [1.807, 2.05) is 42.8 Å². The number of benzene rings is 1. The number of nitrogens with zero attached hydrogens (tertiary/aromatic N) is 3. The number of rotatable bonds is 6. The van der Waals surface area contributed by atoms with E-state index in [2.05, 4.69) is 21.9 Å². The SMILES string of the molecule is C#CCN1C(=O)S/C(=C\c2cn(CC(=O)N(CC)CC)c3ccc(Br)cc23)C1=O. The van der Waals surface area contributed by atoms with Gasteiger partial charge in [0.25, 0.3) is 11.1 Å². The van der Waals surface area contributed by atoms with Gasteiger partial charge in [0, 0.05) is 40.2 Å². The first-order valence-electron chi connectivity index (χ1n) is 9.14. The number of likely N-dealkylation sites (N-methyl/N-ethyl adjacent to an activating group) is 1. The van der Waals surface area contributed by atoms with Gasteiger partial charge < -0.3 is 9.47 Å². The van der Waals surface area contributed by atoms with Gasteiger partial charge in [-0.25, -0.2) is 0 Å². The molecule has 150 valence electrons. The Balaban J connectivity index is 2.02. The average Bonchev–Trinajstić information content (AvgIpc) is 3.15. The molecule has 8 heteroatoms. The topological polar surface area (TPSA) is 62.6 Å². The molecule has 1 fully saturated rings. The van der Waals surface area contributed by atoms with Crippen LogP contribution < -0.4 is 0 Å². The second-order valence-electron chi connectivity index (χ2n) is 6.41. The fourth-order valence-electron chi connectivity index (χ4n) is 3.23. The highest BCUT2D eigenvalue weighted by atomic mass is 79.9. The molecule has 1 aliphatic rings. The molecule has 3 amide bonds. The van der Waals surface area contributed by atoms with Crippen LogP contribution >= 0.6 is 27.7 Å². The first kappa shape index (κ1) is 21.2. The standard InChI is InChI=1S/C21H20BrN3O3S/c1-4-9-25-20(27)18(29-21(25)28)10-14-12-24(13-19(26)23(5-2)6-3)17-8-7-15(22)11-16(14)17/h1,7-8,10-12H,5-6,9,13H2,2-3H3/b18-10-. The summed E-state index contributed by atoms with van der Waals surface area (Å²) >= 11 is 4.35. The fraction of sp³-hybridized carbons (Fsp3) is 0.286. The summed E-state index contributed by atoms with van der Waals surface area (Å²) in [4.78, 5) is 40.3. The van der Waals surface area contributed by atoms with Gasteiger partial charge in [0.05, 0.1) is 11.4 Å². The Bertz CT molecular complexity index is 1060. The quantitative estimate of drug-likeness (QED) is 0.470. The van der Waals surface area contributed by atoms with E-state index in [1.54, 1.807) is 11.0 Å². The third kappa shape index (κ3) is 4.26. The lowest BCUT2D eigenvalue weighted by Gasteiger charge is -2.19. The van der Waals surface area contributed by atoms with Crippen LogP contribution in [0, 0.1) is 12.3 Å². The van der Waals surface area contributed by atoms with Gasteiger partial charge >= 0.3 is 0 Å². The summed E-state index contributed by atoms with van der Waals surface area (Å²) in [5, 5.41) is 0.510. The molecule has 0 aliphatic carbocycles. The van der Waals surface area contributed by atoms with Crippen molar-refractivity contribution in [1.29, 1.82) is 0 Å². The second-order valence-corrected chi connectivity index (χ2v) is 8.32. The predicted molar refractivity (Wildman–Crippen MR) is 119 cm³/mol. The normalized spacial score (nSPS) is 15.4. The molecule has 0 atom stereocenters. The molecule has 0 radical (unpaired) electrons. The maximum absolute atomic E-state index is 12.6. The van der Waals surface area contributed by atoms with Crippen molar-refractivity contribution in [2.75, 3.05) is 19.6 Å². The highest BCUT2D eigenvalue weighted by Crippen LogP contribution is 2.34. The molecule has 2 aromatic rings. The first-order chi connectivity index (χ1) is 13.9. The number of aromatic nitrogens is 1. The number of terminal acetylenes is 1. The maximum atomic E-state index is 12.6. The third-order valence-electron chi connectivity index (χ3n) is 4.71. The molecule has 29 heavy (non-hydrogen) atoms. The van der Waals surface area contributed by atoms with Crippen LogP contribution in [0.15, 0.2) is 33.8 Å². The Hall–Kier alpha value is -2.50. The van der Waals surface area contributed by atoms with Crippen LogP contribution in [0.25, 0.3) is 17.0 Å². The van der Waals surface area contributed by atoms with Gasteiger partial charge in [-0.1, -0.05) is 21.9 Å². The molecular weight excluding hydrogens is 454 g/mol. The molecule has 3 rings (SSSR count). The van der Waals surface area contributed by atoms with Crippen LogP contribution in [0.2, 0.25) is 0 Å². The lowest BCUT2D eigenvalue weighted by atomic mass is 10.1. The molecule has 1 saturated heterocycles. The number of hydrogen-bond donors (Lipinski definition) is 0. The highest BCUT2D eigenvalue weighted by Gasteiger charge is 2.34. The summed E-state index contributed by atoms with van der Waals surface area (Å²) in [6.07, 6.45) is 8.78. The molecule has 2 heterocycles. The van der Waals surface area contributed by atoms with Gasteiger partial charge in [0.15, 0.2) is 0 Å². The van der Waals surface area contributed by atoms with Gasteiger partial charge in [-0.2, -0.15) is 0 Å². The molecule has 1 aliphatic heterocycles. The van der Waals surface area contributed by atoms with Crippen molar-refractivity contribution in [3.8, 4) is 12.3 Å². The number of halogens is 1. The fourth-order valence-corrected chi connectivity index (χ4v) is 4.42. The minimum absolute atomic E-state index is 0.0238. The van der Waals surface area contributed by atoms with Gasteiger partial charge in [-0.15, -0.1) is 6.42 Å². The van der Waals surface area contributed by atoms with Crippen LogP contribution in [0.1, 0.15) is 19.4 Å². The summed E-state index contributed by atoms with van der Waals surface area (Å²) in [6.45, 7) is 5.35. The molecule has 1 aromatic carbocycles. The van der Waals surface area contributed by atoms with Crippen molar-refractivity contribution in [1.82, 2.24) is 14.4 Å². The Morgan fingerprint density at radius 1 is 1.31 bits per heavy atom. The molecule has 0 spiro atoms.